The van der Waals surface area contributed by atoms with Gasteiger partial charge in [0.15, 0.2) is 5.56 Å². The molecule has 6 heteroatoms. The molecule has 0 atom stereocenters. The number of nitrogens with one attached hydrogen (secondary N) is 1. The average molecular weight is 281 g/mol. The number of anilines is 1. The van der Waals surface area contributed by atoms with Crippen molar-refractivity contribution in [2.24, 2.45) is 0 Å². The molecule has 104 valence electrons. The van der Waals surface area contributed by atoms with E-state index in [1.807, 2.05) is 12.1 Å². The summed E-state index contributed by atoms with van der Waals surface area (Å²) >= 11 is 0. The highest BCUT2D eigenvalue weighted by Crippen LogP contribution is 2.33. The van der Waals surface area contributed by atoms with Crippen LogP contribution in [0.3, 0.4) is 0 Å². The molecule has 0 bridgehead atoms. The van der Waals surface area contributed by atoms with E-state index in [9.17, 15) is 10.5 Å². The lowest BCUT2D eigenvalue weighted by Gasteiger charge is -2.09. The highest BCUT2D eigenvalue weighted by atomic mass is 16.5. The number of H-pyrrole nitrogens is 1. The zero-order valence-electron chi connectivity index (χ0n) is 11.6. The number of nitrogens with zero attached hydrogens (tertiary/aromatic N) is 2. The number of hydrogen-bond acceptors (Lipinski definition) is 5. The van der Waals surface area contributed by atoms with Crippen molar-refractivity contribution in [3.05, 3.63) is 35.4 Å². The number of aromatic amines is 1. The molecule has 0 aliphatic heterocycles. The van der Waals surface area contributed by atoms with Gasteiger partial charge in [-0.2, -0.15) is 10.5 Å². The summed E-state index contributed by atoms with van der Waals surface area (Å²) < 4.78 is 10.2. The van der Waals surface area contributed by atoms with Crippen LogP contribution in [0.25, 0.3) is 11.1 Å². The van der Waals surface area contributed by atoms with Gasteiger partial charge in [0.1, 0.15) is 23.5 Å². The SMILES string of the molecule is COc1ccc(-c2c(C#N)c(N)[nH+]c(OC)c2C#N)cc1. The van der Waals surface area contributed by atoms with E-state index in [1.54, 1.807) is 31.4 Å². The summed E-state index contributed by atoms with van der Waals surface area (Å²) in [6, 6.07) is 11.1. The molecule has 1 heterocycles. The fraction of sp³-hybridized carbons (Fsp3) is 0.133. The summed E-state index contributed by atoms with van der Waals surface area (Å²) in [6.45, 7) is 0. The maximum Gasteiger partial charge on any atom is 0.300 e. The van der Waals surface area contributed by atoms with E-state index in [4.69, 9.17) is 15.2 Å². The van der Waals surface area contributed by atoms with Crippen LogP contribution >= 0.6 is 0 Å². The van der Waals surface area contributed by atoms with Crippen LogP contribution in [-0.2, 0) is 0 Å². The van der Waals surface area contributed by atoms with Crippen molar-refractivity contribution in [2.75, 3.05) is 20.0 Å². The van der Waals surface area contributed by atoms with Gasteiger partial charge in [0.2, 0.25) is 0 Å². The van der Waals surface area contributed by atoms with E-state index in [-0.39, 0.29) is 22.8 Å². The summed E-state index contributed by atoms with van der Waals surface area (Å²) in [5.41, 5.74) is 7.39. The minimum atomic E-state index is 0.152. The van der Waals surface area contributed by atoms with Gasteiger partial charge in [0, 0.05) is 5.56 Å². The number of nitrogens with two attached hydrogens (primary N) is 1. The minimum absolute atomic E-state index is 0.152. The second kappa shape index (κ2) is 5.81. The summed E-state index contributed by atoms with van der Waals surface area (Å²) in [4.78, 5) is 2.71. The number of pyridine rings is 1. The average Bonchev–Trinajstić information content (AvgIpc) is 2.53. The third kappa shape index (κ3) is 2.43. The molecule has 21 heavy (non-hydrogen) atoms. The Kier molecular flexibility index (Phi) is 3.92. The van der Waals surface area contributed by atoms with Crippen molar-refractivity contribution >= 4 is 5.82 Å². The first-order chi connectivity index (χ1) is 10.2. The molecular weight excluding hydrogens is 268 g/mol. The third-order valence-electron chi connectivity index (χ3n) is 3.05. The van der Waals surface area contributed by atoms with Crippen LogP contribution in [0.15, 0.2) is 24.3 Å². The standard InChI is InChI=1S/C15H12N4O2/c1-20-10-5-3-9(4-6-10)13-11(7-16)14(18)19-15(21-2)12(13)8-17/h3-6H,1-2H3,(H2,18,19)/p+1. The smallest absolute Gasteiger partial charge is 0.300 e. The van der Waals surface area contributed by atoms with Gasteiger partial charge in [-0.25, -0.2) is 4.98 Å². The summed E-state index contributed by atoms with van der Waals surface area (Å²) in [7, 11) is 2.99. The van der Waals surface area contributed by atoms with Crippen molar-refractivity contribution in [1.82, 2.24) is 0 Å². The molecule has 2 rings (SSSR count). The van der Waals surface area contributed by atoms with Crippen LogP contribution in [-0.4, -0.2) is 14.2 Å². The van der Waals surface area contributed by atoms with Gasteiger partial charge in [0.25, 0.3) is 5.82 Å². The van der Waals surface area contributed by atoms with Crippen LogP contribution in [0, 0.1) is 22.7 Å². The predicted octanol–water partition coefficient (Wildman–Crippen LogP) is 1.51. The van der Waals surface area contributed by atoms with Gasteiger partial charge in [-0.05, 0) is 17.7 Å². The van der Waals surface area contributed by atoms with Crippen LogP contribution in [0.5, 0.6) is 11.6 Å². The van der Waals surface area contributed by atoms with Gasteiger partial charge < -0.3 is 9.47 Å². The molecule has 0 spiro atoms. The van der Waals surface area contributed by atoms with E-state index in [2.05, 4.69) is 4.98 Å². The molecule has 0 saturated heterocycles. The minimum Gasteiger partial charge on any atom is -0.497 e. The third-order valence-corrected chi connectivity index (χ3v) is 3.05. The van der Waals surface area contributed by atoms with E-state index in [1.165, 1.54) is 7.11 Å². The normalized spacial score (nSPS) is 9.52. The Morgan fingerprint density at radius 1 is 1.00 bits per heavy atom. The maximum absolute atomic E-state index is 9.38. The zero-order chi connectivity index (χ0) is 15.4. The van der Waals surface area contributed by atoms with Crippen molar-refractivity contribution in [3.8, 4) is 34.9 Å². The highest BCUT2D eigenvalue weighted by molar-refractivity contribution is 5.80. The van der Waals surface area contributed by atoms with Gasteiger partial charge in [-0.3, -0.25) is 5.73 Å². The monoisotopic (exact) mass is 281 g/mol. The molecule has 0 fully saturated rings. The molecule has 0 saturated carbocycles. The van der Waals surface area contributed by atoms with Gasteiger partial charge in [0.05, 0.1) is 14.2 Å². The Morgan fingerprint density at radius 2 is 1.62 bits per heavy atom. The molecule has 0 radical (unpaired) electrons. The van der Waals surface area contributed by atoms with E-state index in [0.717, 1.165) is 0 Å². The van der Waals surface area contributed by atoms with Crippen molar-refractivity contribution in [2.45, 2.75) is 0 Å². The van der Waals surface area contributed by atoms with E-state index in [0.29, 0.717) is 16.9 Å². The van der Waals surface area contributed by atoms with Crippen LogP contribution in [0.2, 0.25) is 0 Å². The van der Waals surface area contributed by atoms with E-state index >= 15 is 0 Å². The van der Waals surface area contributed by atoms with Gasteiger partial charge in [-0.1, -0.05) is 12.1 Å². The fourth-order valence-corrected chi connectivity index (χ4v) is 2.04. The Labute approximate surface area is 122 Å². The zero-order valence-corrected chi connectivity index (χ0v) is 11.6. The fourth-order valence-electron chi connectivity index (χ4n) is 2.04. The Balaban J connectivity index is 2.79. The van der Waals surface area contributed by atoms with Crippen LogP contribution in [0.1, 0.15) is 11.1 Å². The molecule has 0 aliphatic rings. The van der Waals surface area contributed by atoms with Crippen molar-refractivity contribution in [3.63, 3.8) is 0 Å². The number of nitrogen functional groups attached to an aromatic ring is 1. The number of ether oxygens (including phenoxy) is 2. The Hall–Kier alpha value is -3.25. The summed E-state index contributed by atoms with van der Waals surface area (Å²) in [6.07, 6.45) is 0. The second-order valence-electron chi connectivity index (χ2n) is 4.15. The predicted molar refractivity (Wildman–Crippen MR) is 75.4 cm³/mol. The molecule has 1 aromatic heterocycles. The lowest BCUT2D eigenvalue weighted by atomic mass is 9.96. The van der Waals surface area contributed by atoms with Crippen molar-refractivity contribution < 1.29 is 14.5 Å². The van der Waals surface area contributed by atoms with Crippen molar-refractivity contribution in [1.29, 1.82) is 10.5 Å². The summed E-state index contributed by atoms with van der Waals surface area (Å²) in [5.74, 6) is 1.05. The maximum atomic E-state index is 9.38. The first-order valence-electron chi connectivity index (χ1n) is 6.03. The largest absolute Gasteiger partial charge is 0.497 e. The quantitative estimate of drug-likeness (QED) is 0.917. The number of hydrogen-bond donors (Lipinski definition) is 1. The van der Waals surface area contributed by atoms with Gasteiger partial charge >= 0.3 is 5.88 Å². The van der Waals surface area contributed by atoms with Crippen LogP contribution in [0.4, 0.5) is 5.82 Å². The topological polar surface area (TPSA) is 106 Å². The lowest BCUT2D eigenvalue weighted by molar-refractivity contribution is -0.376. The molecule has 1 aromatic carbocycles. The Bertz CT molecular complexity index is 755. The lowest BCUT2D eigenvalue weighted by Crippen LogP contribution is -2.18. The summed E-state index contributed by atoms with van der Waals surface area (Å²) in [5, 5.41) is 18.7. The number of benzene rings is 1. The highest BCUT2D eigenvalue weighted by Gasteiger charge is 2.24. The molecule has 3 N–H and O–H groups in total. The Morgan fingerprint density at radius 3 is 2.10 bits per heavy atom. The van der Waals surface area contributed by atoms with E-state index < -0.39 is 0 Å². The number of aromatic nitrogens is 1. The number of rotatable bonds is 3. The molecule has 6 nitrogen and oxygen atoms in total. The molecule has 0 amide bonds. The number of methoxy groups -OCH3 is 2. The first-order valence-corrected chi connectivity index (χ1v) is 6.03. The molecule has 2 aromatic rings. The van der Waals surface area contributed by atoms with Crippen LogP contribution < -0.4 is 20.2 Å². The second-order valence-corrected chi connectivity index (χ2v) is 4.15. The first kappa shape index (κ1) is 14.2. The molecular formula is C15H13N4O2+. The molecule has 0 unspecified atom stereocenters. The number of nitriles is 2. The molecule has 0 aliphatic carbocycles. The van der Waals surface area contributed by atoms with Gasteiger partial charge in [-0.15, -0.1) is 0 Å².